The largest absolute Gasteiger partial charge is 0.468 e. The fourth-order valence-corrected chi connectivity index (χ4v) is 2.14. The van der Waals surface area contributed by atoms with Crippen LogP contribution in [0.4, 0.5) is 0 Å². The van der Waals surface area contributed by atoms with E-state index in [0.29, 0.717) is 18.2 Å². The number of nitrogens with one attached hydrogen (secondary N) is 1. The Morgan fingerprint density at radius 2 is 2.22 bits per heavy atom. The number of benzene rings is 1. The van der Waals surface area contributed by atoms with Gasteiger partial charge in [0.05, 0.1) is 13.7 Å². The molecule has 0 aromatic heterocycles. The number of esters is 1. The monoisotopic (exact) mass is 335 g/mol. The first-order valence-electron chi connectivity index (χ1n) is 5.35. The molecule has 1 aromatic rings. The van der Waals surface area contributed by atoms with Gasteiger partial charge in [-0.3, -0.25) is 5.32 Å². The molecule has 0 aliphatic rings. The molecule has 0 aliphatic heterocycles. The molecule has 0 bridgehead atoms. The van der Waals surface area contributed by atoms with Gasteiger partial charge in [0.1, 0.15) is 6.04 Å². The van der Waals surface area contributed by atoms with Crippen LogP contribution < -0.4 is 5.32 Å². The van der Waals surface area contributed by atoms with E-state index in [4.69, 9.17) is 21.1 Å². The van der Waals surface area contributed by atoms with Crippen molar-refractivity contribution in [3.63, 3.8) is 0 Å². The molecule has 100 valence electrons. The molecule has 0 amide bonds. The summed E-state index contributed by atoms with van der Waals surface area (Å²) in [5, 5.41) is 3.63. The summed E-state index contributed by atoms with van der Waals surface area (Å²) in [5.74, 6) is -0.367. The number of hydrogen-bond donors (Lipinski definition) is 1. The van der Waals surface area contributed by atoms with E-state index in [1.54, 1.807) is 25.3 Å². The van der Waals surface area contributed by atoms with Gasteiger partial charge in [-0.25, -0.2) is 4.79 Å². The van der Waals surface area contributed by atoms with E-state index in [0.717, 1.165) is 10.0 Å². The molecule has 0 saturated heterocycles. The highest BCUT2D eigenvalue weighted by atomic mass is 79.9. The Hall–Kier alpha value is -0.620. The molecule has 0 saturated carbocycles. The highest BCUT2D eigenvalue weighted by molar-refractivity contribution is 9.10. The fourth-order valence-electron chi connectivity index (χ4n) is 1.48. The maximum Gasteiger partial charge on any atom is 0.327 e. The van der Waals surface area contributed by atoms with Crippen molar-refractivity contribution in [1.82, 2.24) is 5.32 Å². The molecule has 0 radical (unpaired) electrons. The molecule has 0 spiro atoms. The summed E-state index contributed by atoms with van der Waals surface area (Å²) in [7, 11) is 2.95. The van der Waals surface area contributed by atoms with Gasteiger partial charge in [-0.2, -0.15) is 0 Å². The summed E-state index contributed by atoms with van der Waals surface area (Å²) >= 11 is 9.34. The fraction of sp³-hybridized carbons (Fsp3) is 0.417. The third-order valence-corrected chi connectivity index (χ3v) is 3.32. The van der Waals surface area contributed by atoms with Crippen molar-refractivity contribution >= 4 is 33.5 Å². The van der Waals surface area contributed by atoms with Crippen LogP contribution in [0, 0.1) is 0 Å². The Labute approximate surface area is 120 Å². The number of halogens is 2. The third kappa shape index (κ3) is 4.24. The first-order chi connectivity index (χ1) is 8.60. The normalized spacial score (nSPS) is 12.2. The Bertz CT molecular complexity index is 414. The minimum absolute atomic E-state index is 0.367. The summed E-state index contributed by atoms with van der Waals surface area (Å²) in [6, 6.07) is 4.70. The van der Waals surface area contributed by atoms with Gasteiger partial charge in [-0.1, -0.05) is 27.5 Å². The van der Waals surface area contributed by atoms with Gasteiger partial charge >= 0.3 is 5.97 Å². The molecule has 18 heavy (non-hydrogen) atoms. The van der Waals surface area contributed by atoms with Gasteiger partial charge in [0, 0.05) is 23.1 Å². The lowest BCUT2D eigenvalue weighted by Crippen LogP contribution is -2.32. The van der Waals surface area contributed by atoms with Crippen LogP contribution in [0.15, 0.2) is 22.7 Å². The van der Waals surface area contributed by atoms with Crippen molar-refractivity contribution in [3.8, 4) is 0 Å². The van der Waals surface area contributed by atoms with Crippen LogP contribution >= 0.6 is 27.5 Å². The SMILES string of the molecule is COCCNC(C(=O)OC)c1cc(Cl)ccc1Br. The maximum atomic E-state index is 11.8. The highest BCUT2D eigenvalue weighted by Crippen LogP contribution is 2.27. The predicted octanol–water partition coefficient (Wildman–Crippen LogP) is 2.55. The zero-order valence-corrected chi connectivity index (χ0v) is 12.5. The standard InChI is InChI=1S/C12H15BrClNO3/c1-17-6-5-15-11(12(16)18-2)9-7-8(14)3-4-10(9)13/h3-4,7,11,15H,5-6H2,1-2H3. The van der Waals surface area contributed by atoms with Crippen LogP contribution in [-0.2, 0) is 14.3 Å². The number of ether oxygens (including phenoxy) is 2. The average molecular weight is 337 g/mol. The van der Waals surface area contributed by atoms with Crippen molar-refractivity contribution in [2.24, 2.45) is 0 Å². The van der Waals surface area contributed by atoms with Crippen molar-refractivity contribution in [1.29, 1.82) is 0 Å². The molecule has 1 rings (SSSR count). The van der Waals surface area contributed by atoms with Crippen LogP contribution in [0.25, 0.3) is 0 Å². The second-order valence-corrected chi connectivity index (χ2v) is 4.86. The second-order valence-electron chi connectivity index (χ2n) is 3.57. The molecule has 0 fully saturated rings. The topological polar surface area (TPSA) is 47.6 Å². The van der Waals surface area contributed by atoms with Crippen LogP contribution in [0.2, 0.25) is 5.02 Å². The maximum absolute atomic E-state index is 11.8. The lowest BCUT2D eigenvalue weighted by molar-refractivity contribution is -0.143. The first-order valence-corrected chi connectivity index (χ1v) is 6.52. The molecule has 1 unspecified atom stereocenters. The number of hydrogen-bond acceptors (Lipinski definition) is 4. The predicted molar refractivity (Wildman–Crippen MR) is 73.8 cm³/mol. The van der Waals surface area contributed by atoms with E-state index in [2.05, 4.69) is 21.2 Å². The lowest BCUT2D eigenvalue weighted by atomic mass is 10.1. The molecule has 1 atom stereocenters. The van der Waals surface area contributed by atoms with E-state index in [1.165, 1.54) is 7.11 Å². The van der Waals surface area contributed by atoms with Crippen molar-refractivity contribution in [2.45, 2.75) is 6.04 Å². The minimum Gasteiger partial charge on any atom is -0.468 e. The highest BCUT2D eigenvalue weighted by Gasteiger charge is 2.23. The number of methoxy groups -OCH3 is 2. The summed E-state index contributed by atoms with van der Waals surface area (Å²) < 4.78 is 10.5. The smallest absolute Gasteiger partial charge is 0.327 e. The molecule has 1 N–H and O–H groups in total. The number of carbonyl (C=O) groups is 1. The summed E-state index contributed by atoms with van der Waals surface area (Å²) in [6.45, 7) is 1.04. The van der Waals surface area contributed by atoms with Gasteiger partial charge in [-0.15, -0.1) is 0 Å². The summed E-state index contributed by atoms with van der Waals surface area (Å²) in [5.41, 5.74) is 0.741. The van der Waals surface area contributed by atoms with Gasteiger partial charge < -0.3 is 9.47 Å². The van der Waals surface area contributed by atoms with Crippen molar-refractivity contribution in [3.05, 3.63) is 33.3 Å². The van der Waals surface area contributed by atoms with Gasteiger partial charge in [0.2, 0.25) is 0 Å². The molecular formula is C12H15BrClNO3. The summed E-state index contributed by atoms with van der Waals surface area (Å²) in [4.78, 5) is 11.8. The molecule has 1 aromatic carbocycles. The Morgan fingerprint density at radius 3 is 2.83 bits per heavy atom. The van der Waals surface area contributed by atoms with E-state index >= 15 is 0 Å². The zero-order valence-electron chi connectivity index (χ0n) is 10.2. The van der Waals surface area contributed by atoms with Crippen LogP contribution in [0.5, 0.6) is 0 Å². The van der Waals surface area contributed by atoms with Crippen molar-refractivity contribution in [2.75, 3.05) is 27.4 Å². The number of rotatable bonds is 6. The molecule has 0 aliphatic carbocycles. The minimum atomic E-state index is -0.571. The van der Waals surface area contributed by atoms with E-state index < -0.39 is 6.04 Å². The Kier molecular flexibility index (Phi) is 6.63. The number of carbonyl (C=O) groups excluding carboxylic acids is 1. The summed E-state index contributed by atoms with van der Waals surface area (Å²) in [6.07, 6.45) is 0. The van der Waals surface area contributed by atoms with Crippen LogP contribution in [0.1, 0.15) is 11.6 Å². The van der Waals surface area contributed by atoms with Gasteiger partial charge in [0.15, 0.2) is 0 Å². The van der Waals surface area contributed by atoms with Crippen LogP contribution in [0.3, 0.4) is 0 Å². The Morgan fingerprint density at radius 1 is 1.50 bits per heavy atom. The lowest BCUT2D eigenvalue weighted by Gasteiger charge is -2.18. The van der Waals surface area contributed by atoms with Gasteiger partial charge in [-0.05, 0) is 23.8 Å². The molecule has 4 nitrogen and oxygen atoms in total. The van der Waals surface area contributed by atoms with E-state index in [-0.39, 0.29) is 5.97 Å². The quantitative estimate of drug-likeness (QED) is 0.641. The van der Waals surface area contributed by atoms with E-state index in [9.17, 15) is 4.79 Å². The average Bonchev–Trinajstić information content (AvgIpc) is 2.37. The van der Waals surface area contributed by atoms with Crippen LogP contribution in [-0.4, -0.2) is 33.3 Å². The van der Waals surface area contributed by atoms with Gasteiger partial charge in [0.25, 0.3) is 0 Å². The zero-order chi connectivity index (χ0) is 13.5. The third-order valence-electron chi connectivity index (χ3n) is 2.36. The van der Waals surface area contributed by atoms with E-state index in [1.807, 2.05) is 0 Å². The second kappa shape index (κ2) is 7.74. The van der Waals surface area contributed by atoms with Crippen molar-refractivity contribution < 1.29 is 14.3 Å². The molecule has 6 heteroatoms. The molecule has 0 heterocycles. The Balaban J connectivity index is 2.93. The first kappa shape index (κ1) is 15.4. The molecular weight excluding hydrogens is 321 g/mol.